The molecule has 5 nitrogen and oxygen atoms in total. The first-order valence-corrected chi connectivity index (χ1v) is 6.79. The summed E-state index contributed by atoms with van der Waals surface area (Å²) < 4.78 is 16.6. The molecule has 0 saturated heterocycles. The summed E-state index contributed by atoms with van der Waals surface area (Å²) in [6.45, 7) is 3.56. The van der Waals surface area contributed by atoms with E-state index in [9.17, 15) is 9.90 Å². The molecule has 0 atom stereocenters. The molecule has 5 heteroatoms. The van der Waals surface area contributed by atoms with Gasteiger partial charge in [0.2, 0.25) is 0 Å². The Balaban J connectivity index is 2.74. The molecule has 2 aromatic carbocycles. The molecule has 0 aliphatic rings. The van der Waals surface area contributed by atoms with Crippen LogP contribution in [-0.4, -0.2) is 19.3 Å². The molecule has 1 heterocycles. The summed E-state index contributed by atoms with van der Waals surface area (Å²) in [4.78, 5) is 12.4. The van der Waals surface area contributed by atoms with E-state index >= 15 is 0 Å². The van der Waals surface area contributed by atoms with Crippen molar-refractivity contribution in [2.24, 2.45) is 0 Å². The van der Waals surface area contributed by atoms with E-state index in [0.29, 0.717) is 33.6 Å². The van der Waals surface area contributed by atoms with Crippen molar-refractivity contribution in [1.29, 1.82) is 0 Å². The van der Waals surface area contributed by atoms with Crippen molar-refractivity contribution in [2.45, 2.75) is 13.8 Å². The molecule has 0 saturated carbocycles. The first-order valence-electron chi connectivity index (χ1n) is 6.79. The minimum Gasteiger partial charge on any atom is -0.508 e. The lowest BCUT2D eigenvalue weighted by Crippen LogP contribution is -2.05. The molecule has 3 rings (SSSR count). The smallest absolute Gasteiger partial charge is 0.196 e. The molecule has 22 heavy (non-hydrogen) atoms. The molecule has 0 spiro atoms. The van der Waals surface area contributed by atoms with Gasteiger partial charge in [0.05, 0.1) is 14.2 Å². The van der Waals surface area contributed by atoms with Crippen molar-refractivity contribution in [1.82, 2.24) is 0 Å². The standard InChI is InChI=1S/C17H16O5/c1-8-5-10(18)7-11-13(8)16-14(12(19)6-9(2)22-16)17(21-4)15(11)20-3/h5-7,18H,1-4H3. The molecule has 0 aliphatic carbocycles. The van der Waals surface area contributed by atoms with Gasteiger partial charge in [-0.3, -0.25) is 4.79 Å². The zero-order valence-electron chi connectivity index (χ0n) is 12.8. The Bertz CT molecular complexity index is 953. The van der Waals surface area contributed by atoms with E-state index in [-0.39, 0.29) is 11.2 Å². The summed E-state index contributed by atoms with van der Waals surface area (Å²) in [7, 11) is 2.97. The molecule has 0 radical (unpaired) electrons. The average molecular weight is 300 g/mol. The summed E-state index contributed by atoms with van der Waals surface area (Å²) >= 11 is 0. The van der Waals surface area contributed by atoms with Crippen LogP contribution in [0.1, 0.15) is 11.3 Å². The van der Waals surface area contributed by atoms with Gasteiger partial charge in [-0.05, 0) is 31.5 Å². The quantitative estimate of drug-likeness (QED) is 0.735. The van der Waals surface area contributed by atoms with Crippen LogP contribution >= 0.6 is 0 Å². The minimum atomic E-state index is -0.191. The van der Waals surface area contributed by atoms with Gasteiger partial charge in [0.25, 0.3) is 0 Å². The van der Waals surface area contributed by atoms with Crippen LogP contribution in [0.4, 0.5) is 0 Å². The topological polar surface area (TPSA) is 68.9 Å². The second-order valence-corrected chi connectivity index (χ2v) is 5.18. The second kappa shape index (κ2) is 4.94. The van der Waals surface area contributed by atoms with E-state index in [0.717, 1.165) is 10.9 Å². The Hall–Kier alpha value is -2.69. The third-order valence-corrected chi connectivity index (χ3v) is 3.70. The highest BCUT2D eigenvalue weighted by atomic mass is 16.5. The number of aromatic hydroxyl groups is 1. The Morgan fingerprint density at radius 2 is 1.68 bits per heavy atom. The lowest BCUT2D eigenvalue weighted by atomic mass is 9.99. The predicted octanol–water partition coefficient (Wildman–Crippen LogP) is 3.29. The highest BCUT2D eigenvalue weighted by Gasteiger charge is 2.22. The van der Waals surface area contributed by atoms with Crippen LogP contribution in [0.25, 0.3) is 21.7 Å². The maximum absolute atomic E-state index is 12.4. The number of hydrogen-bond donors (Lipinski definition) is 1. The van der Waals surface area contributed by atoms with Gasteiger partial charge >= 0.3 is 0 Å². The van der Waals surface area contributed by atoms with Crippen molar-refractivity contribution in [2.75, 3.05) is 14.2 Å². The monoisotopic (exact) mass is 300 g/mol. The lowest BCUT2D eigenvalue weighted by Gasteiger charge is -2.15. The van der Waals surface area contributed by atoms with E-state index in [4.69, 9.17) is 13.9 Å². The predicted molar refractivity (Wildman–Crippen MR) is 84.2 cm³/mol. The largest absolute Gasteiger partial charge is 0.508 e. The minimum absolute atomic E-state index is 0.111. The molecule has 1 aromatic heterocycles. The first kappa shape index (κ1) is 14.3. The molecule has 0 aliphatic heterocycles. The average Bonchev–Trinajstić information content (AvgIpc) is 2.44. The van der Waals surface area contributed by atoms with Crippen molar-refractivity contribution in [3.63, 3.8) is 0 Å². The van der Waals surface area contributed by atoms with E-state index in [1.54, 1.807) is 19.1 Å². The molecule has 114 valence electrons. The maximum atomic E-state index is 12.4. The fourth-order valence-electron chi connectivity index (χ4n) is 2.88. The Labute approximate surface area is 126 Å². The summed E-state index contributed by atoms with van der Waals surface area (Å²) in [6.07, 6.45) is 0. The van der Waals surface area contributed by atoms with Gasteiger partial charge < -0.3 is 19.0 Å². The van der Waals surface area contributed by atoms with Gasteiger partial charge in [-0.15, -0.1) is 0 Å². The van der Waals surface area contributed by atoms with Crippen LogP contribution in [0.2, 0.25) is 0 Å². The van der Waals surface area contributed by atoms with Crippen LogP contribution in [-0.2, 0) is 0 Å². The van der Waals surface area contributed by atoms with Crippen LogP contribution < -0.4 is 14.9 Å². The van der Waals surface area contributed by atoms with Crippen molar-refractivity contribution in [3.05, 3.63) is 39.7 Å². The van der Waals surface area contributed by atoms with Crippen molar-refractivity contribution in [3.8, 4) is 17.2 Å². The van der Waals surface area contributed by atoms with Gasteiger partial charge in [0, 0.05) is 16.8 Å². The number of aryl methyl sites for hydroxylation is 2. The Morgan fingerprint density at radius 3 is 2.32 bits per heavy atom. The summed E-state index contributed by atoms with van der Waals surface area (Å²) in [5.41, 5.74) is 1.04. The van der Waals surface area contributed by atoms with E-state index in [2.05, 4.69) is 0 Å². The van der Waals surface area contributed by atoms with Crippen LogP contribution in [0.3, 0.4) is 0 Å². The second-order valence-electron chi connectivity index (χ2n) is 5.18. The van der Waals surface area contributed by atoms with Crippen molar-refractivity contribution < 1.29 is 19.0 Å². The van der Waals surface area contributed by atoms with E-state index in [1.165, 1.54) is 20.3 Å². The molecule has 0 unspecified atom stereocenters. The molecular formula is C17H16O5. The van der Waals surface area contributed by atoms with Crippen LogP contribution in [0.15, 0.2) is 27.4 Å². The summed E-state index contributed by atoms with van der Waals surface area (Å²) in [5.74, 6) is 1.34. The van der Waals surface area contributed by atoms with Crippen molar-refractivity contribution >= 4 is 21.7 Å². The lowest BCUT2D eigenvalue weighted by molar-refractivity contribution is 0.361. The molecule has 0 amide bonds. The number of ether oxygens (including phenoxy) is 2. The van der Waals surface area contributed by atoms with E-state index < -0.39 is 0 Å². The number of methoxy groups -OCH3 is 2. The number of fused-ring (bicyclic) bond motifs is 3. The zero-order chi connectivity index (χ0) is 16.0. The van der Waals surface area contributed by atoms with Gasteiger partial charge in [0.15, 0.2) is 16.9 Å². The summed E-state index contributed by atoms with van der Waals surface area (Å²) in [6, 6.07) is 4.62. The normalized spacial score (nSPS) is 11.1. The number of benzene rings is 2. The molecular weight excluding hydrogens is 284 g/mol. The first-order chi connectivity index (χ1) is 10.5. The third kappa shape index (κ3) is 1.89. The van der Waals surface area contributed by atoms with Crippen LogP contribution in [0, 0.1) is 13.8 Å². The zero-order valence-corrected chi connectivity index (χ0v) is 12.8. The maximum Gasteiger partial charge on any atom is 0.196 e. The fraction of sp³-hybridized carbons (Fsp3) is 0.235. The molecule has 0 bridgehead atoms. The molecule has 1 N–H and O–H groups in total. The number of hydrogen-bond acceptors (Lipinski definition) is 5. The van der Waals surface area contributed by atoms with Gasteiger partial charge in [-0.1, -0.05) is 0 Å². The SMILES string of the molecule is COc1c(OC)c2c(=O)cc(C)oc2c2c(C)cc(O)cc12. The number of phenols is 1. The highest BCUT2D eigenvalue weighted by Crippen LogP contribution is 2.44. The van der Waals surface area contributed by atoms with Gasteiger partial charge in [-0.2, -0.15) is 0 Å². The van der Waals surface area contributed by atoms with Crippen LogP contribution in [0.5, 0.6) is 17.2 Å². The third-order valence-electron chi connectivity index (χ3n) is 3.70. The fourth-order valence-corrected chi connectivity index (χ4v) is 2.88. The summed E-state index contributed by atoms with van der Waals surface area (Å²) in [5, 5.41) is 11.6. The Morgan fingerprint density at radius 1 is 1.00 bits per heavy atom. The number of phenolic OH excluding ortho intramolecular Hbond substituents is 1. The molecule has 3 aromatic rings. The van der Waals surface area contributed by atoms with Gasteiger partial charge in [0.1, 0.15) is 22.5 Å². The highest BCUT2D eigenvalue weighted by molar-refractivity contribution is 6.12. The number of rotatable bonds is 2. The van der Waals surface area contributed by atoms with Gasteiger partial charge in [-0.25, -0.2) is 0 Å². The van der Waals surface area contributed by atoms with E-state index in [1.807, 2.05) is 6.92 Å². The Kier molecular flexibility index (Phi) is 3.20. The molecule has 0 fully saturated rings.